The number of methoxy groups -OCH3 is 1. The fraction of sp³-hybridized carbons (Fsp3) is 0.423. The first kappa shape index (κ1) is 23.4. The first-order valence-corrected chi connectivity index (χ1v) is 12.6. The van der Waals surface area contributed by atoms with Gasteiger partial charge in [-0.3, -0.25) is 4.79 Å². The Kier molecular flexibility index (Phi) is 8.05. The molecule has 33 heavy (non-hydrogen) atoms. The van der Waals surface area contributed by atoms with Crippen molar-refractivity contribution in [3.05, 3.63) is 60.2 Å². The molecule has 1 amide bonds. The van der Waals surface area contributed by atoms with Crippen LogP contribution in [0.25, 0.3) is 11.4 Å². The van der Waals surface area contributed by atoms with Crippen LogP contribution in [-0.4, -0.2) is 51.5 Å². The molecule has 6 nitrogen and oxygen atoms in total. The second kappa shape index (κ2) is 11.4. The monoisotopic (exact) mass is 464 g/mol. The number of amides is 1. The van der Waals surface area contributed by atoms with Gasteiger partial charge >= 0.3 is 0 Å². The molecule has 1 aromatic heterocycles. The Labute approximate surface area is 200 Å². The average molecular weight is 465 g/mol. The molecule has 1 saturated carbocycles. The molecule has 0 unspecified atom stereocenters. The molecule has 0 N–H and O–H groups in total. The lowest BCUT2D eigenvalue weighted by Gasteiger charge is -2.31. The zero-order valence-electron chi connectivity index (χ0n) is 19.4. The van der Waals surface area contributed by atoms with Crippen LogP contribution < -0.4 is 4.74 Å². The molecule has 174 valence electrons. The Hall–Kier alpha value is -2.80. The summed E-state index contributed by atoms with van der Waals surface area (Å²) >= 11 is 1.47. The third kappa shape index (κ3) is 5.77. The summed E-state index contributed by atoms with van der Waals surface area (Å²) < 4.78 is 7.69. The fourth-order valence-corrected chi connectivity index (χ4v) is 5.30. The van der Waals surface area contributed by atoms with Gasteiger partial charge in [-0.2, -0.15) is 0 Å². The highest BCUT2D eigenvalue weighted by atomic mass is 32.2. The molecule has 2 aromatic carbocycles. The summed E-state index contributed by atoms with van der Waals surface area (Å²) in [7, 11) is 3.61. The molecule has 0 atom stereocenters. The maximum absolute atomic E-state index is 12.9. The van der Waals surface area contributed by atoms with Gasteiger partial charge in [0, 0.05) is 19.6 Å². The van der Waals surface area contributed by atoms with Gasteiger partial charge in [0.15, 0.2) is 11.0 Å². The van der Waals surface area contributed by atoms with Crippen LogP contribution in [0.5, 0.6) is 5.75 Å². The van der Waals surface area contributed by atoms with E-state index in [0.717, 1.165) is 48.1 Å². The SMILES string of the molecule is COc1ccccc1-c1nnc(SCC(=O)N(C)C2CCCCC2)n1CCc1ccccc1. The molecule has 1 fully saturated rings. The number of carbonyl (C=O) groups is 1. The molecule has 0 bridgehead atoms. The summed E-state index contributed by atoms with van der Waals surface area (Å²) in [6, 6.07) is 18.6. The average Bonchev–Trinajstić information content (AvgIpc) is 3.29. The lowest BCUT2D eigenvalue weighted by molar-refractivity contribution is -0.129. The molecular formula is C26H32N4O2S. The quantitative estimate of drug-likeness (QED) is 0.413. The molecule has 1 aliphatic rings. The summed E-state index contributed by atoms with van der Waals surface area (Å²) in [6.45, 7) is 0.722. The summed E-state index contributed by atoms with van der Waals surface area (Å²) in [5.41, 5.74) is 2.15. The van der Waals surface area contributed by atoms with E-state index in [0.29, 0.717) is 11.8 Å². The van der Waals surface area contributed by atoms with Crippen molar-refractivity contribution in [2.45, 2.75) is 56.3 Å². The molecule has 0 saturated heterocycles. The highest BCUT2D eigenvalue weighted by Crippen LogP contribution is 2.31. The van der Waals surface area contributed by atoms with Crippen LogP contribution in [0.2, 0.25) is 0 Å². The largest absolute Gasteiger partial charge is 0.496 e. The smallest absolute Gasteiger partial charge is 0.233 e. The molecule has 0 radical (unpaired) electrons. The van der Waals surface area contributed by atoms with Crippen molar-refractivity contribution in [3.63, 3.8) is 0 Å². The highest BCUT2D eigenvalue weighted by molar-refractivity contribution is 7.99. The summed E-state index contributed by atoms with van der Waals surface area (Å²) in [6.07, 6.45) is 6.78. The zero-order chi connectivity index (χ0) is 23.0. The van der Waals surface area contributed by atoms with Crippen molar-refractivity contribution < 1.29 is 9.53 Å². The lowest BCUT2D eigenvalue weighted by Crippen LogP contribution is -2.39. The second-order valence-electron chi connectivity index (χ2n) is 8.48. The van der Waals surface area contributed by atoms with Crippen LogP contribution in [-0.2, 0) is 17.8 Å². The number of thioether (sulfide) groups is 1. The van der Waals surface area contributed by atoms with Gasteiger partial charge in [-0.05, 0) is 37.0 Å². The van der Waals surface area contributed by atoms with E-state index in [1.807, 2.05) is 42.3 Å². The Balaban J connectivity index is 1.53. The number of benzene rings is 2. The Morgan fingerprint density at radius 3 is 2.55 bits per heavy atom. The predicted octanol–water partition coefficient (Wildman–Crippen LogP) is 5.08. The molecular weight excluding hydrogens is 432 g/mol. The van der Waals surface area contributed by atoms with E-state index in [2.05, 4.69) is 39.0 Å². The van der Waals surface area contributed by atoms with Gasteiger partial charge < -0.3 is 14.2 Å². The van der Waals surface area contributed by atoms with Crippen LogP contribution >= 0.6 is 11.8 Å². The number of hydrogen-bond acceptors (Lipinski definition) is 5. The van der Waals surface area contributed by atoms with Crippen LogP contribution in [0.1, 0.15) is 37.7 Å². The fourth-order valence-electron chi connectivity index (χ4n) is 4.41. The van der Waals surface area contributed by atoms with E-state index >= 15 is 0 Å². The lowest BCUT2D eigenvalue weighted by atomic mass is 9.94. The molecule has 3 aromatic rings. The van der Waals surface area contributed by atoms with Crippen LogP contribution in [0.15, 0.2) is 59.8 Å². The van der Waals surface area contributed by atoms with Gasteiger partial charge in [0.25, 0.3) is 0 Å². The Bertz CT molecular complexity index is 1050. The maximum Gasteiger partial charge on any atom is 0.233 e. The number of carbonyl (C=O) groups excluding carboxylic acids is 1. The maximum atomic E-state index is 12.9. The van der Waals surface area contributed by atoms with Crippen LogP contribution in [0.3, 0.4) is 0 Å². The zero-order valence-corrected chi connectivity index (χ0v) is 20.3. The van der Waals surface area contributed by atoms with Crippen molar-refractivity contribution in [2.24, 2.45) is 0 Å². The van der Waals surface area contributed by atoms with Crippen molar-refractivity contribution in [3.8, 4) is 17.1 Å². The van der Waals surface area contributed by atoms with Gasteiger partial charge in [0.2, 0.25) is 5.91 Å². The van der Waals surface area contributed by atoms with E-state index < -0.39 is 0 Å². The van der Waals surface area contributed by atoms with E-state index in [1.54, 1.807) is 7.11 Å². The van der Waals surface area contributed by atoms with Crippen molar-refractivity contribution >= 4 is 17.7 Å². The van der Waals surface area contributed by atoms with Crippen molar-refractivity contribution in [1.82, 2.24) is 19.7 Å². The third-order valence-electron chi connectivity index (χ3n) is 6.37. The number of para-hydroxylation sites is 1. The van der Waals surface area contributed by atoms with Gasteiger partial charge in [0.05, 0.1) is 18.4 Å². The standard InChI is InChI=1S/C26H32N4O2S/c1-29(21-13-7-4-8-14-21)24(31)19-33-26-28-27-25(22-15-9-10-16-23(22)32-2)30(26)18-17-20-11-5-3-6-12-20/h3,5-6,9-12,15-16,21H,4,7-8,13-14,17-19H2,1-2H3. The first-order valence-electron chi connectivity index (χ1n) is 11.7. The number of ether oxygens (including phenoxy) is 1. The number of nitrogens with zero attached hydrogens (tertiary/aromatic N) is 4. The first-order chi connectivity index (χ1) is 16.2. The molecule has 1 heterocycles. The van der Waals surface area contributed by atoms with Gasteiger partial charge in [-0.15, -0.1) is 10.2 Å². The van der Waals surface area contributed by atoms with E-state index in [-0.39, 0.29) is 5.91 Å². The van der Waals surface area contributed by atoms with Crippen molar-refractivity contribution in [1.29, 1.82) is 0 Å². The molecule has 1 aliphatic carbocycles. The van der Waals surface area contributed by atoms with Crippen LogP contribution in [0.4, 0.5) is 0 Å². The second-order valence-corrected chi connectivity index (χ2v) is 9.42. The van der Waals surface area contributed by atoms with Crippen LogP contribution in [0, 0.1) is 0 Å². The van der Waals surface area contributed by atoms with E-state index in [4.69, 9.17) is 4.74 Å². The molecule has 4 rings (SSSR count). The number of rotatable bonds is 9. The summed E-state index contributed by atoms with van der Waals surface area (Å²) in [5, 5.41) is 9.74. The Morgan fingerprint density at radius 1 is 1.06 bits per heavy atom. The highest BCUT2D eigenvalue weighted by Gasteiger charge is 2.23. The molecule has 7 heteroatoms. The minimum absolute atomic E-state index is 0.156. The number of hydrogen-bond donors (Lipinski definition) is 0. The van der Waals surface area contributed by atoms with Gasteiger partial charge in [-0.25, -0.2) is 0 Å². The normalized spacial score (nSPS) is 14.2. The third-order valence-corrected chi connectivity index (χ3v) is 7.32. The number of aromatic nitrogens is 3. The predicted molar refractivity (Wildman–Crippen MR) is 133 cm³/mol. The number of aryl methyl sites for hydroxylation is 1. The molecule has 0 spiro atoms. The summed E-state index contributed by atoms with van der Waals surface area (Å²) in [5.74, 6) is 2.04. The topological polar surface area (TPSA) is 60.3 Å². The Morgan fingerprint density at radius 2 is 1.79 bits per heavy atom. The van der Waals surface area contributed by atoms with Gasteiger partial charge in [-0.1, -0.05) is 73.5 Å². The van der Waals surface area contributed by atoms with E-state index in [9.17, 15) is 4.79 Å². The van der Waals surface area contributed by atoms with Gasteiger partial charge in [0.1, 0.15) is 5.75 Å². The van der Waals surface area contributed by atoms with E-state index in [1.165, 1.54) is 36.6 Å². The minimum atomic E-state index is 0.156. The van der Waals surface area contributed by atoms with Crippen molar-refractivity contribution in [2.75, 3.05) is 19.9 Å². The summed E-state index contributed by atoms with van der Waals surface area (Å²) in [4.78, 5) is 14.9. The molecule has 0 aliphatic heterocycles. The minimum Gasteiger partial charge on any atom is -0.496 e.